The number of carboxylic acids is 1. The number of hydrogen-bond acceptors (Lipinski definition) is 3. The molecule has 0 aromatic carbocycles. The predicted octanol–water partition coefficient (Wildman–Crippen LogP) is 0.637. The average Bonchev–Trinajstić information content (AvgIpc) is 2.18. The van der Waals surface area contributed by atoms with Gasteiger partial charge >= 0.3 is 5.97 Å². The van der Waals surface area contributed by atoms with Gasteiger partial charge in [0.05, 0.1) is 5.92 Å². The molecule has 1 aliphatic rings. The smallest absolute Gasteiger partial charge is 0.307 e. The molecule has 0 bridgehead atoms. The molecule has 4 heteroatoms. The van der Waals surface area contributed by atoms with Crippen molar-refractivity contribution in [2.75, 3.05) is 26.2 Å². The van der Waals surface area contributed by atoms with E-state index in [1.165, 1.54) is 0 Å². The van der Waals surface area contributed by atoms with Crippen molar-refractivity contribution in [1.29, 1.82) is 0 Å². The summed E-state index contributed by atoms with van der Waals surface area (Å²) in [5, 5.41) is 12.3. The van der Waals surface area contributed by atoms with E-state index in [9.17, 15) is 4.79 Å². The van der Waals surface area contributed by atoms with Gasteiger partial charge in [0.15, 0.2) is 0 Å². The normalized spacial score (nSPS) is 25.5. The van der Waals surface area contributed by atoms with Crippen LogP contribution in [-0.2, 0) is 4.79 Å². The summed E-state index contributed by atoms with van der Waals surface area (Å²) in [6, 6.07) is 0.500. The van der Waals surface area contributed by atoms with Crippen LogP contribution in [0.5, 0.6) is 0 Å². The van der Waals surface area contributed by atoms with Gasteiger partial charge in [-0.3, -0.25) is 9.69 Å². The van der Waals surface area contributed by atoms with Crippen LogP contribution in [0.2, 0.25) is 0 Å². The van der Waals surface area contributed by atoms with E-state index in [1.807, 2.05) is 0 Å². The van der Waals surface area contributed by atoms with Crippen LogP contribution in [0.25, 0.3) is 0 Å². The maximum Gasteiger partial charge on any atom is 0.307 e. The van der Waals surface area contributed by atoms with Crippen LogP contribution >= 0.6 is 0 Å². The fourth-order valence-electron chi connectivity index (χ4n) is 1.92. The number of carboxylic acid groups (broad SMARTS) is 1. The zero-order valence-corrected chi connectivity index (χ0v) is 9.86. The van der Waals surface area contributed by atoms with E-state index >= 15 is 0 Å². The molecule has 1 rings (SSSR count). The molecule has 0 amide bonds. The van der Waals surface area contributed by atoms with E-state index < -0.39 is 5.97 Å². The Labute approximate surface area is 91.6 Å². The van der Waals surface area contributed by atoms with Crippen molar-refractivity contribution in [2.45, 2.75) is 26.8 Å². The lowest BCUT2D eigenvalue weighted by Crippen LogP contribution is -2.53. The SMILES string of the molecule is CC(CN1CCNC(C(C)C)C1)C(=O)O. The van der Waals surface area contributed by atoms with Gasteiger partial charge in [-0.05, 0) is 5.92 Å². The Balaban J connectivity index is 2.39. The van der Waals surface area contributed by atoms with Gasteiger partial charge in [0.25, 0.3) is 0 Å². The Morgan fingerprint density at radius 3 is 2.73 bits per heavy atom. The second kappa shape index (κ2) is 5.47. The van der Waals surface area contributed by atoms with Crippen LogP contribution in [0.15, 0.2) is 0 Å². The lowest BCUT2D eigenvalue weighted by atomic mass is 10.0. The van der Waals surface area contributed by atoms with Gasteiger partial charge in [0.1, 0.15) is 0 Å². The van der Waals surface area contributed by atoms with Gasteiger partial charge in [0.2, 0.25) is 0 Å². The molecule has 2 atom stereocenters. The average molecular weight is 214 g/mol. The minimum atomic E-state index is -0.699. The molecule has 1 fully saturated rings. The lowest BCUT2D eigenvalue weighted by Gasteiger charge is -2.36. The van der Waals surface area contributed by atoms with E-state index in [2.05, 4.69) is 24.1 Å². The van der Waals surface area contributed by atoms with Gasteiger partial charge < -0.3 is 10.4 Å². The molecule has 2 unspecified atom stereocenters. The molecule has 4 nitrogen and oxygen atoms in total. The third-order valence-electron chi connectivity index (χ3n) is 3.05. The summed E-state index contributed by atoms with van der Waals surface area (Å²) >= 11 is 0. The third kappa shape index (κ3) is 3.80. The highest BCUT2D eigenvalue weighted by molar-refractivity contribution is 5.69. The lowest BCUT2D eigenvalue weighted by molar-refractivity contribution is -0.141. The number of piperazine rings is 1. The number of rotatable bonds is 4. The predicted molar refractivity (Wildman–Crippen MR) is 59.9 cm³/mol. The highest BCUT2D eigenvalue weighted by Gasteiger charge is 2.24. The van der Waals surface area contributed by atoms with Crippen molar-refractivity contribution in [2.24, 2.45) is 11.8 Å². The van der Waals surface area contributed by atoms with Crippen molar-refractivity contribution < 1.29 is 9.90 Å². The zero-order chi connectivity index (χ0) is 11.4. The van der Waals surface area contributed by atoms with Gasteiger partial charge in [-0.15, -0.1) is 0 Å². The Morgan fingerprint density at radius 2 is 2.20 bits per heavy atom. The Morgan fingerprint density at radius 1 is 1.53 bits per heavy atom. The molecule has 0 aliphatic carbocycles. The summed E-state index contributed by atoms with van der Waals surface area (Å²) < 4.78 is 0. The summed E-state index contributed by atoms with van der Waals surface area (Å²) in [5.74, 6) is -0.363. The zero-order valence-electron chi connectivity index (χ0n) is 9.86. The minimum absolute atomic E-state index is 0.268. The Hall–Kier alpha value is -0.610. The van der Waals surface area contributed by atoms with Gasteiger partial charge in [-0.25, -0.2) is 0 Å². The van der Waals surface area contributed by atoms with Gasteiger partial charge in [-0.1, -0.05) is 20.8 Å². The minimum Gasteiger partial charge on any atom is -0.481 e. The van der Waals surface area contributed by atoms with Crippen molar-refractivity contribution in [3.8, 4) is 0 Å². The maximum absolute atomic E-state index is 10.7. The molecule has 0 saturated carbocycles. The standard InChI is InChI=1S/C11H22N2O2/c1-8(2)10-7-13(5-4-12-10)6-9(3)11(14)15/h8-10,12H,4-7H2,1-3H3,(H,14,15). The number of nitrogens with zero attached hydrogens (tertiary/aromatic N) is 1. The Bertz CT molecular complexity index is 219. The first-order valence-corrected chi connectivity index (χ1v) is 5.69. The Kier molecular flexibility index (Phi) is 4.54. The molecule has 0 aromatic heterocycles. The van der Waals surface area contributed by atoms with Crippen LogP contribution < -0.4 is 5.32 Å². The van der Waals surface area contributed by atoms with E-state index in [4.69, 9.17) is 5.11 Å². The first-order valence-electron chi connectivity index (χ1n) is 5.69. The van der Waals surface area contributed by atoms with Gasteiger partial charge in [-0.2, -0.15) is 0 Å². The van der Waals surface area contributed by atoms with Crippen LogP contribution in [0.3, 0.4) is 0 Å². The van der Waals surface area contributed by atoms with Crippen LogP contribution in [0, 0.1) is 11.8 Å². The van der Waals surface area contributed by atoms with Crippen molar-refractivity contribution >= 4 is 5.97 Å². The molecule has 15 heavy (non-hydrogen) atoms. The molecule has 0 aromatic rings. The summed E-state index contributed by atoms with van der Waals surface area (Å²) in [6.07, 6.45) is 0. The first kappa shape index (κ1) is 12.5. The van der Waals surface area contributed by atoms with E-state index in [1.54, 1.807) is 6.92 Å². The fraction of sp³-hybridized carbons (Fsp3) is 0.909. The van der Waals surface area contributed by atoms with Crippen LogP contribution in [0.4, 0.5) is 0 Å². The third-order valence-corrected chi connectivity index (χ3v) is 3.05. The number of nitrogens with one attached hydrogen (secondary N) is 1. The maximum atomic E-state index is 10.7. The monoisotopic (exact) mass is 214 g/mol. The largest absolute Gasteiger partial charge is 0.481 e. The van der Waals surface area contributed by atoms with Crippen molar-refractivity contribution in [3.63, 3.8) is 0 Å². The molecule has 0 radical (unpaired) electrons. The molecule has 0 spiro atoms. The highest BCUT2D eigenvalue weighted by atomic mass is 16.4. The molecule has 1 aliphatic heterocycles. The summed E-state index contributed by atoms with van der Waals surface area (Å²) in [5.41, 5.74) is 0. The fourth-order valence-corrected chi connectivity index (χ4v) is 1.92. The summed E-state index contributed by atoms with van der Waals surface area (Å²) in [7, 11) is 0. The van der Waals surface area contributed by atoms with E-state index in [-0.39, 0.29) is 5.92 Å². The summed E-state index contributed by atoms with van der Waals surface area (Å²) in [4.78, 5) is 13.0. The van der Waals surface area contributed by atoms with Gasteiger partial charge in [0, 0.05) is 32.2 Å². The van der Waals surface area contributed by atoms with Crippen molar-refractivity contribution in [3.05, 3.63) is 0 Å². The highest BCUT2D eigenvalue weighted by Crippen LogP contribution is 2.10. The number of carbonyl (C=O) groups is 1. The number of aliphatic carboxylic acids is 1. The molecular formula is C11H22N2O2. The first-order chi connectivity index (χ1) is 7.00. The quantitative estimate of drug-likeness (QED) is 0.721. The summed E-state index contributed by atoms with van der Waals surface area (Å²) in [6.45, 7) is 9.73. The van der Waals surface area contributed by atoms with Crippen LogP contribution in [0.1, 0.15) is 20.8 Å². The molecule has 1 heterocycles. The molecule has 88 valence electrons. The molecular weight excluding hydrogens is 192 g/mol. The second-order valence-electron chi connectivity index (χ2n) is 4.80. The molecule has 2 N–H and O–H groups in total. The van der Waals surface area contributed by atoms with E-state index in [0.29, 0.717) is 18.5 Å². The topological polar surface area (TPSA) is 52.6 Å². The van der Waals surface area contributed by atoms with E-state index in [0.717, 1.165) is 19.6 Å². The van der Waals surface area contributed by atoms with Crippen LogP contribution in [-0.4, -0.2) is 48.2 Å². The van der Waals surface area contributed by atoms with Crippen molar-refractivity contribution in [1.82, 2.24) is 10.2 Å². The molecule has 1 saturated heterocycles. The number of hydrogen-bond donors (Lipinski definition) is 2. The second-order valence-corrected chi connectivity index (χ2v) is 4.80.